The lowest BCUT2D eigenvalue weighted by Gasteiger charge is -2.27. The second kappa shape index (κ2) is 7.43. The first kappa shape index (κ1) is 14.2. The smallest absolute Gasteiger partial charge is 0.0701 e. The second-order valence-electron chi connectivity index (χ2n) is 4.17. The van der Waals surface area contributed by atoms with Crippen LogP contribution in [0.1, 0.15) is 25.3 Å². The fourth-order valence-electron chi connectivity index (χ4n) is 1.89. The lowest BCUT2D eigenvalue weighted by Crippen LogP contribution is -2.38. The molecule has 0 saturated carbocycles. The maximum atomic E-state index is 3.51. The molecule has 1 aromatic rings. The van der Waals surface area contributed by atoms with Crippen LogP contribution in [-0.4, -0.2) is 31.6 Å². The maximum Gasteiger partial charge on any atom is 0.0701 e. The van der Waals surface area contributed by atoms with Crippen LogP contribution in [0.5, 0.6) is 0 Å². The monoisotopic (exact) mass is 304 g/mol. The van der Waals surface area contributed by atoms with Crippen molar-refractivity contribution in [3.8, 4) is 0 Å². The number of nitrogens with zero attached hydrogens (tertiary/aromatic N) is 1. The maximum absolute atomic E-state index is 3.51. The number of thiophene rings is 1. The fraction of sp³-hybridized carbons (Fsp3) is 0.667. The van der Waals surface area contributed by atoms with Gasteiger partial charge in [-0.1, -0.05) is 13.3 Å². The predicted octanol–water partition coefficient (Wildman–Crippen LogP) is 3.33. The summed E-state index contributed by atoms with van der Waals surface area (Å²) in [5, 5.41) is 5.50. The molecule has 0 amide bonds. The molecule has 0 saturated heterocycles. The van der Waals surface area contributed by atoms with Crippen LogP contribution >= 0.6 is 27.3 Å². The van der Waals surface area contributed by atoms with Gasteiger partial charge in [0.1, 0.15) is 0 Å². The zero-order valence-corrected chi connectivity index (χ0v) is 12.7. The molecule has 0 aliphatic rings. The minimum atomic E-state index is 0.633. The van der Waals surface area contributed by atoms with Crippen molar-refractivity contribution in [1.82, 2.24) is 10.2 Å². The highest BCUT2D eigenvalue weighted by molar-refractivity contribution is 9.11. The average molecular weight is 305 g/mol. The van der Waals surface area contributed by atoms with Crippen molar-refractivity contribution in [2.75, 3.05) is 20.6 Å². The van der Waals surface area contributed by atoms with E-state index in [0.29, 0.717) is 6.04 Å². The zero-order chi connectivity index (χ0) is 12.0. The van der Waals surface area contributed by atoms with Crippen LogP contribution in [0.3, 0.4) is 0 Å². The number of likely N-dealkylation sites (N-methyl/N-ethyl adjacent to an activating group) is 2. The summed E-state index contributed by atoms with van der Waals surface area (Å²) in [7, 11) is 4.24. The van der Waals surface area contributed by atoms with Crippen LogP contribution in [0, 0.1) is 0 Å². The molecule has 1 N–H and O–H groups in total. The van der Waals surface area contributed by atoms with Gasteiger partial charge in [-0.25, -0.2) is 0 Å². The summed E-state index contributed by atoms with van der Waals surface area (Å²) in [6.07, 6.45) is 2.49. The first-order chi connectivity index (χ1) is 7.67. The summed E-state index contributed by atoms with van der Waals surface area (Å²) in [5.74, 6) is 0. The third-order valence-electron chi connectivity index (χ3n) is 2.74. The summed E-state index contributed by atoms with van der Waals surface area (Å²) in [4.78, 5) is 2.44. The van der Waals surface area contributed by atoms with Crippen molar-refractivity contribution in [3.05, 3.63) is 20.8 Å². The molecule has 0 aromatic carbocycles. The van der Waals surface area contributed by atoms with E-state index in [-0.39, 0.29) is 0 Å². The molecule has 2 nitrogen and oxygen atoms in total. The van der Waals surface area contributed by atoms with Crippen LogP contribution < -0.4 is 5.32 Å². The Kier molecular flexibility index (Phi) is 6.58. The number of hydrogen-bond donors (Lipinski definition) is 1. The number of halogens is 1. The summed E-state index contributed by atoms with van der Waals surface area (Å²) in [5.41, 5.74) is 1.40. The van der Waals surface area contributed by atoms with Crippen LogP contribution in [0.4, 0.5) is 0 Å². The van der Waals surface area contributed by atoms with Gasteiger partial charge in [-0.2, -0.15) is 0 Å². The first-order valence-electron chi connectivity index (χ1n) is 5.75. The standard InChI is InChI=1S/C12H21BrN2S/c1-4-5-11(7-14-2)15(3)8-10-6-12(13)16-9-10/h6,9,11,14H,4-5,7-8H2,1-3H3. The molecule has 1 unspecified atom stereocenters. The van der Waals surface area contributed by atoms with Crippen molar-refractivity contribution in [2.24, 2.45) is 0 Å². The summed E-state index contributed by atoms with van der Waals surface area (Å²) in [6, 6.07) is 2.84. The molecule has 92 valence electrons. The Balaban J connectivity index is 2.50. The highest BCUT2D eigenvalue weighted by Crippen LogP contribution is 2.22. The van der Waals surface area contributed by atoms with Gasteiger partial charge in [-0.05, 0) is 53.5 Å². The Hall–Kier alpha value is 0.100. The third kappa shape index (κ3) is 4.53. The van der Waals surface area contributed by atoms with E-state index < -0.39 is 0 Å². The number of rotatable bonds is 7. The van der Waals surface area contributed by atoms with E-state index in [1.807, 2.05) is 7.05 Å². The largest absolute Gasteiger partial charge is 0.318 e. The van der Waals surface area contributed by atoms with E-state index >= 15 is 0 Å². The molecule has 0 aliphatic carbocycles. The van der Waals surface area contributed by atoms with Crippen LogP contribution in [0.25, 0.3) is 0 Å². The number of nitrogens with one attached hydrogen (secondary N) is 1. The van der Waals surface area contributed by atoms with Crippen molar-refractivity contribution < 1.29 is 0 Å². The molecule has 0 bridgehead atoms. The molecule has 16 heavy (non-hydrogen) atoms. The van der Waals surface area contributed by atoms with Gasteiger partial charge in [0.2, 0.25) is 0 Å². The molecule has 1 aromatic heterocycles. The summed E-state index contributed by atoms with van der Waals surface area (Å²) in [6.45, 7) is 4.35. The van der Waals surface area contributed by atoms with Gasteiger partial charge in [-0.15, -0.1) is 11.3 Å². The SMILES string of the molecule is CCCC(CNC)N(C)Cc1csc(Br)c1. The van der Waals surface area contributed by atoms with Gasteiger partial charge in [0.05, 0.1) is 3.79 Å². The quantitative estimate of drug-likeness (QED) is 0.831. The predicted molar refractivity (Wildman–Crippen MR) is 76.1 cm³/mol. The minimum Gasteiger partial charge on any atom is -0.318 e. The molecule has 0 aliphatic heterocycles. The van der Waals surface area contributed by atoms with Gasteiger partial charge in [-0.3, -0.25) is 4.90 Å². The van der Waals surface area contributed by atoms with E-state index in [1.54, 1.807) is 11.3 Å². The fourth-order valence-corrected chi connectivity index (χ4v) is 3.09. The van der Waals surface area contributed by atoms with Gasteiger partial charge in [0.15, 0.2) is 0 Å². The Morgan fingerprint density at radius 2 is 2.31 bits per heavy atom. The molecule has 0 fully saturated rings. The zero-order valence-electron chi connectivity index (χ0n) is 10.3. The van der Waals surface area contributed by atoms with Gasteiger partial charge in [0, 0.05) is 19.1 Å². The highest BCUT2D eigenvalue weighted by atomic mass is 79.9. The minimum absolute atomic E-state index is 0.633. The lowest BCUT2D eigenvalue weighted by molar-refractivity contribution is 0.218. The van der Waals surface area contributed by atoms with E-state index in [4.69, 9.17) is 0 Å². The molecule has 4 heteroatoms. The Morgan fingerprint density at radius 1 is 1.56 bits per heavy atom. The van der Waals surface area contributed by atoms with Crippen molar-refractivity contribution in [1.29, 1.82) is 0 Å². The molecular formula is C12H21BrN2S. The number of hydrogen-bond acceptors (Lipinski definition) is 3. The summed E-state index contributed by atoms with van der Waals surface area (Å²) >= 11 is 5.27. The topological polar surface area (TPSA) is 15.3 Å². The van der Waals surface area contributed by atoms with Gasteiger partial charge >= 0.3 is 0 Å². The van der Waals surface area contributed by atoms with Crippen molar-refractivity contribution in [3.63, 3.8) is 0 Å². The molecule has 0 spiro atoms. The normalized spacial score (nSPS) is 13.3. The van der Waals surface area contributed by atoms with E-state index in [0.717, 1.165) is 13.1 Å². The molecule has 1 rings (SSSR count). The van der Waals surface area contributed by atoms with Crippen LogP contribution in [-0.2, 0) is 6.54 Å². The van der Waals surface area contributed by atoms with Crippen LogP contribution in [0.15, 0.2) is 15.2 Å². The van der Waals surface area contributed by atoms with Crippen molar-refractivity contribution in [2.45, 2.75) is 32.4 Å². The Bertz CT molecular complexity index is 295. The molecule has 0 radical (unpaired) electrons. The lowest BCUT2D eigenvalue weighted by atomic mass is 10.1. The molecule has 1 atom stereocenters. The molecule has 1 heterocycles. The van der Waals surface area contributed by atoms with Gasteiger partial charge in [0.25, 0.3) is 0 Å². The van der Waals surface area contributed by atoms with Crippen molar-refractivity contribution >= 4 is 27.3 Å². The second-order valence-corrected chi connectivity index (χ2v) is 6.46. The first-order valence-corrected chi connectivity index (χ1v) is 7.42. The van der Waals surface area contributed by atoms with Gasteiger partial charge < -0.3 is 5.32 Å². The third-order valence-corrected chi connectivity index (χ3v) is 4.29. The average Bonchev–Trinajstić information content (AvgIpc) is 2.63. The Labute approximate surface area is 111 Å². The van der Waals surface area contributed by atoms with E-state index in [2.05, 4.69) is 51.6 Å². The Morgan fingerprint density at radius 3 is 2.81 bits per heavy atom. The summed E-state index contributed by atoms with van der Waals surface area (Å²) < 4.78 is 1.22. The van der Waals surface area contributed by atoms with E-state index in [1.165, 1.54) is 22.2 Å². The molecular weight excluding hydrogens is 284 g/mol. The van der Waals surface area contributed by atoms with Crippen LogP contribution in [0.2, 0.25) is 0 Å². The van der Waals surface area contributed by atoms with E-state index in [9.17, 15) is 0 Å². The highest BCUT2D eigenvalue weighted by Gasteiger charge is 2.13.